The Labute approximate surface area is 147 Å². The van der Waals surface area contributed by atoms with Crippen molar-refractivity contribution in [2.45, 2.75) is 33.2 Å². The van der Waals surface area contributed by atoms with Crippen LogP contribution in [0.2, 0.25) is 0 Å². The number of carboxylic acids is 1. The van der Waals surface area contributed by atoms with Crippen molar-refractivity contribution in [1.82, 2.24) is 9.47 Å². The Morgan fingerprint density at radius 1 is 1.20 bits per heavy atom. The van der Waals surface area contributed by atoms with Crippen LogP contribution in [0.4, 0.5) is 0 Å². The van der Waals surface area contributed by atoms with Gasteiger partial charge in [-0.25, -0.2) is 0 Å². The van der Waals surface area contributed by atoms with Crippen LogP contribution in [-0.4, -0.2) is 39.5 Å². The van der Waals surface area contributed by atoms with E-state index in [1.165, 1.54) is 5.56 Å². The molecule has 2 aromatic rings. The number of aliphatic carboxylic acids is 1. The molecule has 132 valence electrons. The minimum atomic E-state index is -0.813. The lowest BCUT2D eigenvalue weighted by atomic mass is 9.97. The SMILES string of the molecule is Cc1cc(C(=O)N2CCCC(C(=O)O)C2)c(C)n1Cc1ccccc1. The van der Waals surface area contributed by atoms with E-state index in [-0.39, 0.29) is 5.91 Å². The lowest BCUT2D eigenvalue weighted by molar-refractivity contribution is -0.143. The van der Waals surface area contributed by atoms with Crippen molar-refractivity contribution in [2.75, 3.05) is 13.1 Å². The molecule has 1 unspecified atom stereocenters. The van der Waals surface area contributed by atoms with Gasteiger partial charge >= 0.3 is 5.97 Å². The zero-order valence-electron chi connectivity index (χ0n) is 14.7. The van der Waals surface area contributed by atoms with E-state index in [0.717, 1.165) is 24.4 Å². The summed E-state index contributed by atoms with van der Waals surface area (Å²) in [5.74, 6) is -1.32. The number of hydrogen-bond acceptors (Lipinski definition) is 2. The number of carboxylic acid groups (broad SMARTS) is 1. The van der Waals surface area contributed by atoms with Crippen LogP contribution in [0.25, 0.3) is 0 Å². The van der Waals surface area contributed by atoms with Gasteiger partial charge in [-0.2, -0.15) is 0 Å². The zero-order valence-corrected chi connectivity index (χ0v) is 14.7. The average Bonchev–Trinajstić information content (AvgIpc) is 2.90. The van der Waals surface area contributed by atoms with Gasteiger partial charge in [0.2, 0.25) is 0 Å². The van der Waals surface area contributed by atoms with Crippen molar-refractivity contribution in [3.05, 3.63) is 58.9 Å². The van der Waals surface area contributed by atoms with Gasteiger partial charge in [0, 0.05) is 31.0 Å². The fraction of sp³-hybridized carbons (Fsp3) is 0.400. The first-order chi connectivity index (χ1) is 12.0. The van der Waals surface area contributed by atoms with E-state index in [4.69, 9.17) is 0 Å². The summed E-state index contributed by atoms with van der Waals surface area (Å²) in [4.78, 5) is 25.9. The maximum absolute atomic E-state index is 12.9. The van der Waals surface area contributed by atoms with Crippen LogP contribution >= 0.6 is 0 Å². The molecule has 1 aliphatic rings. The Morgan fingerprint density at radius 3 is 2.60 bits per heavy atom. The van der Waals surface area contributed by atoms with E-state index in [0.29, 0.717) is 25.1 Å². The molecule has 0 aliphatic carbocycles. The molecule has 1 fully saturated rings. The number of benzene rings is 1. The van der Waals surface area contributed by atoms with E-state index in [1.807, 2.05) is 38.1 Å². The predicted molar refractivity (Wildman–Crippen MR) is 95.7 cm³/mol. The molecule has 1 aromatic heterocycles. The third-order valence-corrected chi connectivity index (χ3v) is 5.05. The van der Waals surface area contributed by atoms with Gasteiger partial charge < -0.3 is 14.6 Å². The molecule has 5 nitrogen and oxygen atoms in total. The Balaban J connectivity index is 1.82. The van der Waals surface area contributed by atoms with Crippen molar-refractivity contribution in [2.24, 2.45) is 5.92 Å². The smallest absolute Gasteiger partial charge is 0.308 e. The van der Waals surface area contributed by atoms with Gasteiger partial charge in [0.25, 0.3) is 5.91 Å². The lowest BCUT2D eigenvalue weighted by Crippen LogP contribution is -2.42. The number of hydrogen-bond donors (Lipinski definition) is 1. The highest BCUT2D eigenvalue weighted by molar-refractivity contribution is 5.96. The molecule has 1 N–H and O–H groups in total. The van der Waals surface area contributed by atoms with E-state index >= 15 is 0 Å². The number of rotatable bonds is 4. The summed E-state index contributed by atoms with van der Waals surface area (Å²) in [6.07, 6.45) is 1.39. The number of piperidine rings is 1. The third kappa shape index (κ3) is 3.60. The summed E-state index contributed by atoms with van der Waals surface area (Å²) in [6, 6.07) is 12.1. The molecule has 0 spiro atoms. The Hall–Kier alpha value is -2.56. The van der Waals surface area contributed by atoms with E-state index in [9.17, 15) is 14.7 Å². The van der Waals surface area contributed by atoms with E-state index < -0.39 is 11.9 Å². The molecule has 1 aliphatic heterocycles. The van der Waals surface area contributed by atoms with Crippen molar-refractivity contribution < 1.29 is 14.7 Å². The summed E-state index contributed by atoms with van der Waals surface area (Å²) in [6.45, 7) is 5.62. The number of carbonyl (C=O) groups is 2. The van der Waals surface area contributed by atoms with E-state index in [2.05, 4.69) is 16.7 Å². The summed E-state index contributed by atoms with van der Waals surface area (Å²) in [5, 5.41) is 9.23. The predicted octanol–water partition coefficient (Wildman–Crippen LogP) is 3.09. The molecule has 0 saturated carbocycles. The average molecular weight is 340 g/mol. The molecular weight excluding hydrogens is 316 g/mol. The molecule has 0 radical (unpaired) electrons. The number of likely N-dealkylation sites (tertiary alicyclic amines) is 1. The van der Waals surface area contributed by atoms with Gasteiger partial charge in [0.05, 0.1) is 11.5 Å². The maximum atomic E-state index is 12.9. The van der Waals surface area contributed by atoms with Crippen molar-refractivity contribution >= 4 is 11.9 Å². The lowest BCUT2D eigenvalue weighted by Gasteiger charge is -2.30. The summed E-state index contributed by atoms with van der Waals surface area (Å²) in [5.41, 5.74) is 3.84. The van der Waals surface area contributed by atoms with Gasteiger partial charge in [0.1, 0.15) is 0 Å². The maximum Gasteiger partial charge on any atom is 0.308 e. The van der Waals surface area contributed by atoms with Crippen LogP contribution in [0.5, 0.6) is 0 Å². The zero-order chi connectivity index (χ0) is 18.0. The number of nitrogens with zero attached hydrogens (tertiary/aromatic N) is 2. The second-order valence-electron chi connectivity index (χ2n) is 6.79. The highest BCUT2D eigenvalue weighted by Crippen LogP contribution is 2.23. The molecule has 1 aromatic carbocycles. The van der Waals surface area contributed by atoms with Crippen LogP contribution in [0, 0.1) is 19.8 Å². The summed E-state index contributed by atoms with van der Waals surface area (Å²) >= 11 is 0. The van der Waals surface area contributed by atoms with Crippen molar-refractivity contribution in [1.29, 1.82) is 0 Å². The first kappa shape index (κ1) is 17.3. The molecule has 3 rings (SSSR count). The third-order valence-electron chi connectivity index (χ3n) is 5.05. The monoisotopic (exact) mass is 340 g/mol. The van der Waals surface area contributed by atoms with Crippen molar-refractivity contribution in [3.8, 4) is 0 Å². The van der Waals surface area contributed by atoms with Crippen LogP contribution in [0.1, 0.15) is 40.2 Å². The van der Waals surface area contributed by atoms with Crippen LogP contribution in [0.15, 0.2) is 36.4 Å². The molecule has 2 heterocycles. The molecule has 1 saturated heterocycles. The number of carbonyl (C=O) groups excluding carboxylic acids is 1. The Morgan fingerprint density at radius 2 is 1.92 bits per heavy atom. The summed E-state index contributed by atoms with van der Waals surface area (Å²) in [7, 11) is 0. The first-order valence-electron chi connectivity index (χ1n) is 8.70. The number of aromatic nitrogens is 1. The minimum Gasteiger partial charge on any atom is -0.481 e. The molecular formula is C20H24N2O3. The molecule has 25 heavy (non-hydrogen) atoms. The van der Waals surface area contributed by atoms with Crippen LogP contribution < -0.4 is 0 Å². The van der Waals surface area contributed by atoms with Gasteiger partial charge in [-0.3, -0.25) is 9.59 Å². The van der Waals surface area contributed by atoms with Crippen LogP contribution in [0.3, 0.4) is 0 Å². The topological polar surface area (TPSA) is 62.5 Å². The van der Waals surface area contributed by atoms with Gasteiger partial charge in [-0.05, 0) is 38.3 Å². The van der Waals surface area contributed by atoms with Gasteiger partial charge in [0.15, 0.2) is 0 Å². The normalized spacial score (nSPS) is 17.5. The molecule has 1 amide bonds. The Bertz CT molecular complexity index is 780. The Kier molecular flexibility index (Phi) is 4.93. The second-order valence-corrected chi connectivity index (χ2v) is 6.79. The quantitative estimate of drug-likeness (QED) is 0.930. The molecule has 1 atom stereocenters. The number of amides is 1. The largest absolute Gasteiger partial charge is 0.481 e. The fourth-order valence-electron chi connectivity index (χ4n) is 3.56. The van der Waals surface area contributed by atoms with Gasteiger partial charge in [-0.1, -0.05) is 30.3 Å². The number of aryl methyl sites for hydroxylation is 1. The second kappa shape index (κ2) is 7.13. The van der Waals surface area contributed by atoms with Crippen molar-refractivity contribution in [3.63, 3.8) is 0 Å². The minimum absolute atomic E-state index is 0.0571. The summed E-state index contributed by atoms with van der Waals surface area (Å²) < 4.78 is 2.14. The highest BCUT2D eigenvalue weighted by Gasteiger charge is 2.30. The van der Waals surface area contributed by atoms with Crippen LogP contribution in [-0.2, 0) is 11.3 Å². The van der Waals surface area contributed by atoms with Gasteiger partial charge in [-0.15, -0.1) is 0 Å². The molecule has 0 bridgehead atoms. The molecule has 5 heteroatoms. The standard InChI is InChI=1S/C20H24N2O3/c1-14-11-18(15(2)22(14)12-16-7-4-3-5-8-16)19(23)21-10-6-9-17(13-21)20(24)25/h3-5,7-8,11,17H,6,9-10,12-13H2,1-2H3,(H,24,25). The first-order valence-corrected chi connectivity index (χ1v) is 8.70. The van der Waals surface area contributed by atoms with E-state index in [1.54, 1.807) is 4.90 Å². The fourth-order valence-corrected chi connectivity index (χ4v) is 3.56. The highest BCUT2D eigenvalue weighted by atomic mass is 16.4.